The van der Waals surface area contributed by atoms with Crippen LogP contribution in [0.2, 0.25) is 10.0 Å². The lowest BCUT2D eigenvalue weighted by Gasteiger charge is -2.09. The number of halogens is 2. The molecule has 0 aromatic heterocycles. The van der Waals surface area contributed by atoms with Crippen LogP contribution in [0.15, 0.2) is 42.5 Å². The van der Waals surface area contributed by atoms with Crippen molar-refractivity contribution in [1.29, 1.82) is 0 Å². The molecular formula is C16H14Cl2N2O3. The average Bonchev–Trinajstić information content (AvgIpc) is 2.53. The van der Waals surface area contributed by atoms with Gasteiger partial charge in [-0.2, -0.15) is 0 Å². The van der Waals surface area contributed by atoms with Gasteiger partial charge in [-0.3, -0.25) is 9.59 Å². The van der Waals surface area contributed by atoms with Crippen LogP contribution in [0.3, 0.4) is 0 Å². The first-order valence-corrected chi connectivity index (χ1v) is 7.48. The van der Waals surface area contributed by atoms with Gasteiger partial charge < -0.3 is 15.7 Å². The summed E-state index contributed by atoms with van der Waals surface area (Å²) in [5.74, 6) is -0.857. The highest BCUT2D eigenvalue weighted by Gasteiger charge is 2.12. The summed E-state index contributed by atoms with van der Waals surface area (Å²) in [5, 5.41) is 14.8. The van der Waals surface area contributed by atoms with E-state index in [-0.39, 0.29) is 23.7 Å². The second-order valence-electron chi connectivity index (χ2n) is 4.71. The zero-order valence-corrected chi connectivity index (χ0v) is 13.5. The van der Waals surface area contributed by atoms with Gasteiger partial charge in [-0.15, -0.1) is 0 Å². The largest absolute Gasteiger partial charge is 0.392 e. The topological polar surface area (TPSA) is 78.4 Å². The number of benzene rings is 2. The van der Waals surface area contributed by atoms with Crippen molar-refractivity contribution in [1.82, 2.24) is 5.32 Å². The van der Waals surface area contributed by atoms with Crippen LogP contribution in [0.25, 0.3) is 0 Å². The summed E-state index contributed by atoms with van der Waals surface area (Å²) in [6.07, 6.45) is 0. The summed E-state index contributed by atoms with van der Waals surface area (Å²) in [7, 11) is 0. The Hall–Kier alpha value is -2.08. The quantitative estimate of drug-likeness (QED) is 0.774. The third-order valence-electron chi connectivity index (χ3n) is 2.98. The van der Waals surface area contributed by atoms with Gasteiger partial charge in [-0.1, -0.05) is 35.3 Å². The number of hydrogen-bond acceptors (Lipinski definition) is 3. The highest BCUT2D eigenvalue weighted by molar-refractivity contribution is 6.36. The van der Waals surface area contributed by atoms with Crippen LogP contribution in [0.1, 0.15) is 15.9 Å². The molecule has 23 heavy (non-hydrogen) atoms. The molecule has 3 N–H and O–H groups in total. The van der Waals surface area contributed by atoms with Crippen molar-refractivity contribution < 1.29 is 14.7 Å². The number of carbonyl (C=O) groups excluding carboxylic acids is 2. The monoisotopic (exact) mass is 352 g/mol. The molecule has 120 valence electrons. The van der Waals surface area contributed by atoms with Crippen molar-refractivity contribution in [3.05, 3.63) is 63.6 Å². The second-order valence-corrected chi connectivity index (χ2v) is 5.56. The summed E-state index contributed by atoms with van der Waals surface area (Å²) in [6, 6.07) is 11.3. The third kappa shape index (κ3) is 4.96. The lowest BCUT2D eigenvalue weighted by atomic mass is 10.2. The normalized spacial score (nSPS) is 10.2. The molecule has 0 radical (unpaired) electrons. The van der Waals surface area contributed by atoms with Crippen molar-refractivity contribution >= 4 is 40.7 Å². The van der Waals surface area contributed by atoms with Gasteiger partial charge in [-0.25, -0.2) is 0 Å². The Morgan fingerprint density at radius 3 is 2.57 bits per heavy atom. The van der Waals surface area contributed by atoms with E-state index in [1.807, 2.05) is 0 Å². The molecule has 0 spiro atoms. The number of carbonyl (C=O) groups is 2. The van der Waals surface area contributed by atoms with E-state index in [4.69, 9.17) is 28.3 Å². The molecular weight excluding hydrogens is 339 g/mol. The number of nitrogens with one attached hydrogen (secondary N) is 2. The van der Waals surface area contributed by atoms with Gasteiger partial charge in [-0.05, 0) is 35.9 Å². The molecule has 0 saturated carbocycles. The van der Waals surface area contributed by atoms with Gasteiger partial charge in [0, 0.05) is 10.7 Å². The molecule has 0 bridgehead atoms. The first-order chi connectivity index (χ1) is 11.0. The average molecular weight is 353 g/mol. The van der Waals surface area contributed by atoms with Gasteiger partial charge in [0.15, 0.2) is 0 Å². The van der Waals surface area contributed by atoms with Gasteiger partial charge >= 0.3 is 0 Å². The van der Waals surface area contributed by atoms with Gasteiger partial charge in [0.2, 0.25) is 5.91 Å². The predicted molar refractivity (Wildman–Crippen MR) is 89.8 cm³/mol. The van der Waals surface area contributed by atoms with E-state index < -0.39 is 11.8 Å². The minimum Gasteiger partial charge on any atom is -0.392 e. The summed E-state index contributed by atoms with van der Waals surface area (Å²) < 4.78 is 0. The van der Waals surface area contributed by atoms with Gasteiger partial charge in [0.25, 0.3) is 5.91 Å². The zero-order valence-electron chi connectivity index (χ0n) is 12.0. The summed E-state index contributed by atoms with van der Waals surface area (Å²) >= 11 is 11.7. The van der Waals surface area contributed by atoms with Crippen LogP contribution in [0.5, 0.6) is 0 Å². The highest BCUT2D eigenvalue weighted by atomic mass is 35.5. The minimum atomic E-state index is -0.467. The van der Waals surface area contributed by atoms with E-state index in [2.05, 4.69) is 10.6 Å². The van der Waals surface area contributed by atoms with E-state index in [0.29, 0.717) is 16.3 Å². The SMILES string of the molecule is O=C(CNC(=O)c1ccc(Cl)cc1Cl)Nc1cccc(CO)c1. The molecule has 0 fully saturated rings. The van der Waals surface area contributed by atoms with E-state index in [0.717, 1.165) is 0 Å². The maximum absolute atomic E-state index is 12.0. The van der Waals surface area contributed by atoms with Crippen molar-refractivity contribution in [3.8, 4) is 0 Å². The molecule has 0 saturated heterocycles. The molecule has 2 rings (SSSR count). The number of aliphatic hydroxyl groups is 1. The second kappa shape index (κ2) is 7.97. The molecule has 5 nitrogen and oxygen atoms in total. The maximum Gasteiger partial charge on any atom is 0.253 e. The fourth-order valence-corrected chi connectivity index (χ4v) is 2.38. The highest BCUT2D eigenvalue weighted by Crippen LogP contribution is 2.20. The van der Waals surface area contributed by atoms with E-state index >= 15 is 0 Å². The van der Waals surface area contributed by atoms with Crippen LogP contribution >= 0.6 is 23.2 Å². The number of anilines is 1. The van der Waals surface area contributed by atoms with E-state index in [1.54, 1.807) is 30.3 Å². The number of amides is 2. The first-order valence-electron chi connectivity index (χ1n) is 6.72. The molecule has 0 unspecified atom stereocenters. The zero-order chi connectivity index (χ0) is 16.8. The van der Waals surface area contributed by atoms with Crippen molar-refractivity contribution in [2.45, 2.75) is 6.61 Å². The summed E-state index contributed by atoms with van der Waals surface area (Å²) in [5.41, 5.74) is 1.46. The first kappa shape index (κ1) is 17.3. The summed E-state index contributed by atoms with van der Waals surface area (Å²) in [4.78, 5) is 23.8. The Labute approximate surface area is 143 Å². The molecule has 2 aromatic rings. The Balaban J connectivity index is 1.92. The molecule has 2 aromatic carbocycles. The Kier molecular flexibility index (Phi) is 5.98. The standard InChI is InChI=1S/C16H14Cl2N2O3/c17-11-4-5-13(14(18)7-11)16(23)19-8-15(22)20-12-3-1-2-10(6-12)9-21/h1-7,21H,8-9H2,(H,19,23)(H,20,22). The molecule has 2 amide bonds. The fourth-order valence-electron chi connectivity index (χ4n) is 1.88. The Bertz CT molecular complexity index is 735. The predicted octanol–water partition coefficient (Wildman–Crippen LogP) is 2.85. The lowest BCUT2D eigenvalue weighted by molar-refractivity contribution is -0.115. The molecule has 0 aliphatic heterocycles. The van der Waals surface area contributed by atoms with Crippen molar-refractivity contribution in [2.24, 2.45) is 0 Å². The smallest absolute Gasteiger partial charge is 0.253 e. The van der Waals surface area contributed by atoms with Crippen LogP contribution in [0.4, 0.5) is 5.69 Å². The molecule has 0 aliphatic carbocycles. The number of rotatable bonds is 5. The molecule has 7 heteroatoms. The molecule has 0 heterocycles. The Morgan fingerprint density at radius 2 is 1.87 bits per heavy atom. The van der Waals surface area contributed by atoms with E-state index in [9.17, 15) is 9.59 Å². The maximum atomic E-state index is 12.0. The van der Waals surface area contributed by atoms with Crippen LogP contribution in [-0.2, 0) is 11.4 Å². The van der Waals surface area contributed by atoms with Crippen molar-refractivity contribution in [2.75, 3.05) is 11.9 Å². The Morgan fingerprint density at radius 1 is 1.09 bits per heavy atom. The van der Waals surface area contributed by atoms with Crippen molar-refractivity contribution in [3.63, 3.8) is 0 Å². The number of aliphatic hydroxyl groups excluding tert-OH is 1. The molecule has 0 aliphatic rings. The number of hydrogen-bond donors (Lipinski definition) is 3. The van der Waals surface area contributed by atoms with Crippen LogP contribution in [-0.4, -0.2) is 23.5 Å². The van der Waals surface area contributed by atoms with Crippen LogP contribution < -0.4 is 10.6 Å². The fraction of sp³-hybridized carbons (Fsp3) is 0.125. The lowest BCUT2D eigenvalue weighted by Crippen LogP contribution is -2.33. The van der Waals surface area contributed by atoms with Crippen LogP contribution in [0, 0.1) is 0 Å². The van der Waals surface area contributed by atoms with E-state index in [1.165, 1.54) is 12.1 Å². The molecule has 0 atom stereocenters. The third-order valence-corrected chi connectivity index (χ3v) is 3.53. The van der Waals surface area contributed by atoms with Gasteiger partial charge in [0.05, 0.1) is 23.7 Å². The van der Waals surface area contributed by atoms with Gasteiger partial charge in [0.1, 0.15) is 0 Å². The summed E-state index contributed by atoms with van der Waals surface area (Å²) in [6.45, 7) is -0.323. The minimum absolute atomic E-state index is 0.116.